The van der Waals surface area contributed by atoms with Crippen LogP contribution in [0.2, 0.25) is 0 Å². The van der Waals surface area contributed by atoms with Gasteiger partial charge in [0, 0.05) is 19.8 Å². The van der Waals surface area contributed by atoms with Gasteiger partial charge in [-0.2, -0.15) is 9.97 Å². The number of aromatic nitrogens is 4. The first kappa shape index (κ1) is 21.8. The predicted molar refractivity (Wildman–Crippen MR) is 118 cm³/mol. The number of thioether (sulfide) groups is 2. The first-order chi connectivity index (χ1) is 14.3. The molecule has 3 aromatic rings. The molecule has 0 unspecified atom stereocenters. The van der Waals surface area contributed by atoms with E-state index in [2.05, 4.69) is 19.9 Å². The minimum absolute atomic E-state index is 0.148. The summed E-state index contributed by atoms with van der Waals surface area (Å²) in [5.74, 6) is -2.12. The molecule has 0 spiro atoms. The van der Waals surface area contributed by atoms with Crippen LogP contribution in [0, 0.1) is 0 Å². The van der Waals surface area contributed by atoms with Crippen molar-refractivity contribution in [2.24, 2.45) is 0 Å². The van der Waals surface area contributed by atoms with Gasteiger partial charge in [-0.05, 0) is 30.2 Å². The van der Waals surface area contributed by atoms with Gasteiger partial charge in [-0.15, -0.1) is 0 Å². The number of aromatic amines is 2. The molecular weight excluding hydrogens is 426 g/mol. The lowest BCUT2D eigenvalue weighted by Gasteiger charge is -2.20. The normalized spacial score (nSPS) is 11.1. The number of aromatic hydroxyl groups is 2. The van der Waals surface area contributed by atoms with Crippen LogP contribution in [0.1, 0.15) is 22.6 Å². The summed E-state index contributed by atoms with van der Waals surface area (Å²) in [7, 11) is 3.77. The highest BCUT2D eigenvalue weighted by Crippen LogP contribution is 2.36. The molecule has 0 radical (unpaired) electrons. The molecule has 3 rings (SSSR count). The molecule has 0 amide bonds. The Labute approximate surface area is 180 Å². The van der Waals surface area contributed by atoms with Gasteiger partial charge in [-0.1, -0.05) is 35.7 Å². The number of rotatable bonds is 6. The van der Waals surface area contributed by atoms with Crippen LogP contribution in [0.3, 0.4) is 0 Å². The lowest BCUT2D eigenvalue weighted by atomic mass is 9.87. The van der Waals surface area contributed by atoms with Crippen molar-refractivity contribution < 1.29 is 10.2 Å². The van der Waals surface area contributed by atoms with E-state index < -0.39 is 28.8 Å². The van der Waals surface area contributed by atoms with Crippen LogP contribution >= 0.6 is 23.5 Å². The molecule has 1 aromatic carbocycles. The summed E-state index contributed by atoms with van der Waals surface area (Å²) >= 11 is 2.32. The SMILES string of the molecule is CSc1nc(O)c(C(c2ccc(N(C)C)cc2)c2c(O)nc(SC)[nH]c2=O)c(=O)[nH]1. The van der Waals surface area contributed by atoms with Gasteiger partial charge in [0.25, 0.3) is 11.1 Å². The van der Waals surface area contributed by atoms with E-state index in [-0.39, 0.29) is 21.4 Å². The second-order valence-electron chi connectivity index (χ2n) is 6.54. The van der Waals surface area contributed by atoms with Crippen molar-refractivity contribution in [1.29, 1.82) is 0 Å². The Morgan fingerprint density at radius 3 is 1.63 bits per heavy atom. The third-order valence-electron chi connectivity index (χ3n) is 4.53. The number of hydrogen-bond acceptors (Lipinski definition) is 9. The number of benzene rings is 1. The summed E-state index contributed by atoms with van der Waals surface area (Å²) in [5.41, 5.74) is -0.0996. The third kappa shape index (κ3) is 4.17. The summed E-state index contributed by atoms with van der Waals surface area (Å²) in [4.78, 5) is 40.7. The molecule has 0 fully saturated rings. The lowest BCUT2D eigenvalue weighted by molar-refractivity contribution is 0.424. The monoisotopic (exact) mass is 447 g/mol. The van der Waals surface area contributed by atoms with Crippen molar-refractivity contribution >= 4 is 29.2 Å². The molecular formula is C19H21N5O4S2. The molecule has 30 heavy (non-hydrogen) atoms. The standard InChI is InChI=1S/C19H21N5O4S2/c1-24(2)10-7-5-9(6-8-10)11(12-14(25)20-18(29-3)21-15(12)26)13-16(27)22-19(30-4)23-17(13)28/h5-8,11H,1-4H3,(H2,20,21,25,26)(H2,22,23,27,28). The second-order valence-corrected chi connectivity index (χ2v) is 8.13. The minimum Gasteiger partial charge on any atom is -0.493 e. The van der Waals surface area contributed by atoms with Crippen LogP contribution < -0.4 is 16.0 Å². The Kier molecular flexibility index (Phi) is 6.42. The zero-order valence-electron chi connectivity index (χ0n) is 16.8. The molecule has 4 N–H and O–H groups in total. The van der Waals surface area contributed by atoms with Crippen LogP contribution in [-0.2, 0) is 0 Å². The maximum atomic E-state index is 12.8. The number of hydrogen-bond donors (Lipinski definition) is 4. The second kappa shape index (κ2) is 8.84. The summed E-state index contributed by atoms with van der Waals surface area (Å²) in [6.07, 6.45) is 3.41. The number of nitrogens with one attached hydrogen (secondary N) is 2. The van der Waals surface area contributed by atoms with Gasteiger partial charge < -0.3 is 25.1 Å². The molecule has 0 aliphatic rings. The van der Waals surface area contributed by atoms with Crippen molar-refractivity contribution in [2.75, 3.05) is 31.5 Å². The zero-order chi connectivity index (χ0) is 22.0. The fraction of sp³-hybridized carbons (Fsp3) is 0.263. The summed E-state index contributed by atoms with van der Waals surface area (Å²) < 4.78 is 0. The molecule has 158 valence electrons. The Balaban J connectivity index is 2.32. The van der Waals surface area contributed by atoms with Crippen LogP contribution in [0.5, 0.6) is 11.8 Å². The van der Waals surface area contributed by atoms with Gasteiger partial charge in [0.2, 0.25) is 11.8 Å². The number of H-pyrrole nitrogens is 2. The van der Waals surface area contributed by atoms with Gasteiger partial charge in [0.15, 0.2) is 10.3 Å². The van der Waals surface area contributed by atoms with Gasteiger partial charge in [-0.25, -0.2) is 0 Å². The summed E-state index contributed by atoms with van der Waals surface area (Å²) in [5, 5.41) is 21.6. The molecule has 2 heterocycles. The maximum Gasteiger partial charge on any atom is 0.259 e. The predicted octanol–water partition coefficient (Wildman–Crippen LogP) is 1.95. The van der Waals surface area contributed by atoms with Crippen molar-refractivity contribution in [2.45, 2.75) is 16.2 Å². The molecule has 0 bridgehead atoms. The van der Waals surface area contributed by atoms with E-state index in [1.807, 2.05) is 31.1 Å². The highest BCUT2D eigenvalue weighted by atomic mass is 32.2. The van der Waals surface area contributed by atoms with E-state index in [4.69, 9.17) is 0 Å². The highest BCUT2D eigenvalue weighted by molar-refractivity contribution is 7.98. The quantitative estimate of drug-likeness (QED) is 0.330. The average molecular weight is 448 g/mol. The first-order valence-electron chi connectivity index (χ1n) is 8.78. The van der Waals surface area contributed by atoms with E-state index >= 15 is 0 Å². The van der Waals surface area contributed by atoms with Gasteiger partial charge in [0.1, 0.15) is 0 Å². The molecule has 0 saturated carbocycles. The Morgan fingerprint density at radius 1 is 0.867 bits per heavy atom. The summed E-state index contributed by atoms with van der Waals surface area (Å²) in [6.45, 7) is 0. The fourth-order valence-electron chi connectivity index (χ4n) is 3.06. The van der Waals surface area contributed by atoms with E-state index in [1.54, 1.807) is 24.6 Å². The third-order valence-corrected chi connectivity index (χ3v) is 5.69. The fourth-order valence-corrected chi connectivity index (χ4v) is 3.80. The number of anilines is 1. The van der Waals surface area contributed by atoms with Gasteiger partial charge in [-0.3, -0.25) is 9.59 Å². The molecule has 9 nitrogen and oxygen atoms in total. The van der Waals surface area contributed by atoms with E-state index in [0.29, 0.717) is 5.56 Å². The van der Waals surface area contributed by atoms with Crippen LogP contribution in [0.15, 0.2) is 44.2 Å². The van der Waals surface area contributed by atoms with Crippen LogP contribution in [0.4, 0.5) is 5.69 Å². The summed E-state index contributed by atoms with van der Waals surface area (Å²) in [6, 6.07) is 7.07. The maximum absolute atomic E-state index is 12.8. The Hall–Kier alpha value is -2.92. The van der Waals surface area contributed by atoms with E-state index in [1.165, 1.54) is 0 Å². The molecule has 0 saturated heterocycles. The highest BCUT2D eigenvalue weighted by Gasteiger charge is 2.31. The molecule has 0 atom stereocenters. The van der Waals surface area contributed by atoms with E-state index in [0.717, 1.165) is 29.2 Å². The van der Waals surface area contributed by atoms with Crippen molar-refractivity contribution in [3.63, 3.8) is 0 Å². The van der Waals surface area contributed by atoms with Gasteiger partial charge >= 0.3 is 0 Å². The molecule has 0 aliphatic heterocycles. The van der Waals surface area contributed by atoms with Crippen LogP contribution in [-0.4, -0.2) is 56.8 Å². The molecule has 0 aliphatic carbocycles. The molecule has 11 heteroatoms. The van der Waals surface area contributed by atoms with Crippen molar-refractivity contribution in [3.8, 4) is 11.8 Å². The average Bonchev–Trinajstić information content (AvgIpc) is 2.71. The molecule has 2 aromatic heterocycles. The minimum atomic E-state index is -1.08. The first-order valence-corrected chi connectivity index (χ1v) is 11.2. The lowest BCUT2D eigenvalue weighted by Crippen LogP contribution is -2.26. The smallest absolute Gasteiger partial charge is 0.259 e. The Bertz CT molecular complexity index is 1110. The zero-order valence-corrected chi connectivity index (χ0v) is 18.4. The van der Waals surface area contributed by atoms with Crippen molar-refractivity contribution in [1.82, 2.24) is 19.9 Å². The number of nitrogens with zero attached hydrogens (tertiary/aromatic N) is 3. The largest absolute Gasteiger partial charge is 0.493 e. The topological polar surface area (TPSA) is 135 Å². The van der Waals surface area contributed by atoms with E-state index in [9.17, 15) is 19.8 Å². The van der Waals surface area contributed by atoms with Crippen LogP contribution in [0.25, 0.3) is 0 Å². The van der Waals surface area contributed by atoms with Crippen molar-refractivity contribution in [3.05, 3.63) is 61.7 Å². The van der Waals surface area contributed by atoms with Gasteiger partial charge in [0.05, 0.1) is 17.0 Å². The Morgan fingerprint density at radius 2 is 1.30 bits per heavy atom.